The Kier molecular flexibility index (Phi) is 6.36. The zero-order valence-electron chi connectivity index (χ0n) is 9.52. The first-order valence-electron chi connectivity index (χ1n) is 5.29. The van der Waals surface area contributed by atoms with E-state index < -0.39 is 4.92 Å². The molecule has 0 spiro atoms. The molecule has 0 fully saturated rings. The quantitative estimate of drug-likeness (QED) is 0.435. The van der Waals surface area contributed by atoms with Crippen LogP contribution < -0.4 is 4.74 Å². The summed E-state index contributed by atoms with van der Waals surface area (Å²) in [6.07, 6.45) is 0.938. The molecule has 0 unspecified atom stereocenters. The van der Waals surface area contributed by atoms with Crippen molar-refractivity contribution < 1.29 is 9.66 Å². The van der Waals surface area contributed by atoms with Crippen molar-refractivity contribution in [3.63, 3.8) is 0 Å². The van der Waals surface area contributed by atoms with Crippen LogP contribution in [0.4, 0.5) is 5.69 Å². The largest absolute Gasteiger partial charge is 0.492 e. The lowest BCUT2D eigenvalue weighted by Gasteiger charge is -2.07. The first-order chi connectivity index (χ1) is 8.15. The number of nitro groups is 1. The first kappa shape index (κ1) is 14.3. The molecular weight excluding hydrogens is 306 g/mol. The van der Waals surface area contributed by atoms with Crippen LogP contribution in [-0.4, -0.2) is 23.0 Å². The van der Waals surface area contributed by atoms with Crippen molar-refractivity contribution in [3.05, 3.63) is 32.8 Å². The zero-order chi connectivity index (χ0) is 12.7. The summed E-state index contributed by atoms with van der Waals surface area (Å²) in [5.41, 5.74) is 0.0473. The van der Waals surface area contributed by atoms with Crippen LogP contribution in [0.2, 0.25) is 0 Å². The maximum absolute atomic E-state index is 10.6. The molecule has 0 atom stereocenters. The van der Waals surface area contributed by atoms with Crippen LogP contribution in [0.25, 0.3) is 0 Å². The molecule has 0 amide bonds. The Morgan fingerprint density at radius 1 is 1.53 bits per heavy atom. The van der Waals surface area contributed by atoms with Crippen molar-refractivity contribution in [2.24, 2.45) is 0 Å². The van der Waals surface area contributed by atoms with Gasteiger partial charge in [-0.15, -0.1) is 0 Å². The van der Waals surface area contributed by atoms with Gasteiger partial charge in [0.05, 0.1) is 22.1 Å². The Balaban J connectivity index is 2.51. The lowest BCUT2D eigenvalue weighted by molar-refractivity contribution is -0.385. The maximum atomic E-state index is 10.6. The second-order valence-electron chi connectivity index (χ2n) is 3.27. The Hall–Kier alpha value is -0.750. The predicted molar refractivity (Wildman–Crippen MR) is 73.9 cm³/mol. The van der Waals surface area contributed by atoms with E-state index in [0.717, 1.165) is 22.4 Å². The molecule has 4 nitrogen and oxygen atoms in total. The highest BCUT2D eigenvalue weighted by atomic mass is 79.9. The van der Waals surface area contributed by atoms with Crippen molar-refractivity contribution >= 4 is 33.4 Å². The van der Waals surface area contributed by atoms with E-state index in [1.165, 1.54) is 12.1 Å². The van der Waals surface area contributed by atoms with E-state index >= 15 is 0 Å². The number of hydrogen-bond donors (Lipinski definition) is 0. The van der Waals surface area contributed by atoms with Crippen LogP contribution in [0.3, 0.4) is 0 Å². The number of nitrogens with zero attached hydrogens (tertiary/aromatic N) is 1. The SMILES string of the molecule is CCSCCCOc1cc([N+](=O)[O-])ccc1Br. The average molecular weight is 320 g/mol. The molecule has 17 heavy (non-hydrogen) atoms. The van der Waals surface area contributed by atoms with Gasteiger partial charge in [0, 0.05) is 6.07 Å². The van der Waals surface area contributed by atoms with Gasteiger partial charge in [0.2, 0.25) is 0 Å². The number of ether oxygens (including phenoxy) is 1. The summed E-state index contributed by atoms with van der Waals surface area (Å²) in [5, 5.41) is 10.6. The monoisotopic (exact) mass is 319 g/mol. The molecule has 0 aliphatic carbocycles. The summed E-state index contributed by atoms with van der Waals surface area (Å²) in [6.45, 7) is 2.69. The molecule has 0 aromatic heterocycles. The number of non-ortho nitro benzene ring substituents is 1. The Morgan fingerprint density at radius 3 is 2.94 bits per heavy atom. The molecule has 0 aliphatic heterocycles. The second-order valence-corrected chi connectivity index (χ2v) is 5.52. The van der Waals surface area contributed by atoms with Gasteiger partial charge < -0.3 is 4.74 Å². The molecule has 0 saturated heterocycles. The molecule has 0 N–H and O–H groups in total. The highest BCUT2D eigenvalue weighted by Gasteiger charge is 2.10. The van der Waals surface area contributed by atoms with Gasteiger partial charge in [-0.1, -0.05) is 6.92 Å². The molecule has 0 saturated carbocycles. The van der Waals surface area contributed by atoms with E-state index in [-0.39, 0.29) is 5.69 Å². The Labute approximate surface area is 113 Å². The van der Waals surface area contributed by atoms with Gasteiger partial charge in [0.15, 0.2) is 0 Å². The minimum atomic E-state index is -0.424. The van der Waals surface area contributed by atoms with Crippen molar-refractivity contribution in [3.8, 4) is 5.75 Å². The van der Waals surface area contributed by atoms with E-state index in [1.807, 2.05) is 11.8 Å². The third-order valence-corrected chi connectivity index (χ3v) is 3.66. The van der Waals surface area contributed by atoms with Crippen molar-refractivity contribution in [2.75, 3.05) is 18.1 Å². The third kappa shape index (κ3) is 4.95. The van der Waals surface area contributed by atoms with Crippen molar-refractivity contribution in [1.82, 2.24) is 0 Å². The van der Waals surface area contributed by atoms with Crippen LogP contribution in [-0.2, 0) is 0 Å². The number of rotatable bonds is 7. The van der Waals surface area contributed by atoms with Crippen LogP contribution in [0.5, 0.6) is 5.75 Å². The molecule has 0 aliphatic rings. The van der Waals surface area contributed by atoms with Gasteiger partial charge in [0.1, 0.15) is 5.75 Å². The van der Waals surface area contributed by atoms with Gasteiger partial charge >= 0.3 is 0 Å². The van der Waals surface area contributed by atoms with E-state index in [9.17, 15) is 10.1 Å². The zero-order valence-corrected chi connectivity index (χ0v) is 11.9. The van der Waals surface area contributed by atoms with Crippen LogP contribution in [0.1, 0.15) is 13.3 Å². The molecule has 1 rings (SSSR count). The molecule has 6 heteroatoms. The standard InChI is InChI=1S/C11H14BrNO3S/c1-2-17-7-3-6-16-11-8-9(13(14)15)4-5-10(11)12/h4-5,8H,2-3,6-7H2,1H3. The van der Waals surface area contributed by atoms with E-state index in [4.69, 9.17) is 4.74 Å². The molecule has 1 aromatic carbocycles. The normalized spacial score (nSPS) is 10.2. The molecule has 0 bridgehead atoms. The predicted octanol–water partition coefficient (Wildman–Crippen LogP) is 3.88. The fourth-order valence-electron chi connectivity index (χ4n) is 1.20. The molecular formula is C11H14BrNO3S. The minimum Gasteiger partial charge on any atom is -0.492 e. The van der Waals surface area contributed by atoms with Gasteiger partial charge in [-0.2, -0.15) is 11.8 Å². The van der Waals surface area contributed by atoms with Crippen molar-refractivity contribution in [2.45, 2.75) is 13.3 Å². The van der Waals surface area contributed by atoms with Crippen LogP contribution >= 0.6 is 27.7 Å². The molecule has 1 aromatic rings. The Bertz CT molecular complexity index is 387. The topological polar surface area (TPSA) is 52.4 Å². The molecule has 0 radical (unpaired) electrons. The number of thioether (sulfide) groups is 1. The van der Waals surface area contributed by atoms with Crippen LogP contribution in [0, 0.1) is 10.1 Å². The van der Waals surface area contributed by atoms with Gasteiger partial charge in [0.25, 0.3) is 5.69 Å². The highest BCUT2D eigenvalue weighted by Crippen LogP contribution is 2.29. The average Bonchev–Trinajstić information content (AvgIpc) is 2.30. The van der Waals surface area contributed by atoms with E-state index in [2.05, 4.69) is 22.9 Å². The number of benzene rings is 1. The van der Waals surface area contributed by atoms with Gasteiger partial charge in [-0.3, -0.25) is 10.1 Å². The summed E-state index contributed by atoms with van der Waals surface area (Å²) >= 11 is 5.17. The third-order valence-electron chi connectivity index (χ3n) is 2.02. The Morgan fingerprint density at radius 2 is 2.29 bits per heavy atom. The first-order valence-corrected chi connectivity index (χ1v) is 7.24. The number of halogens is 1. The lowest BCUT2D eigenvalue weighted by atomic mass is 10.3. The van der Waals surface area contributed by atoms with Gasteiger partial charge in [-0.05, 0) is 39.9 Å². The summed E-state index contributed by atoms with van der Waals surface area (Å²) in [6, 6.07) is 4.52. The number of hydrogen-bond acceptors (Lipinski definition) is 4. The molecule has 94 valence electrons. The smallest absolute Gasteiger partial charge is 0.273 e. The summed E-state index contributed by atoms with van der Waals surface area (Å²) in [5.74, 6) is 2.67. The fourth-order valence-corrected chi connectivity index (χ4v) is 2.18. The van der Waals surface area contributed by atoms with E-state index in [0.29, 0.717) is 12.4 Å². The van der Waals surface area contributed by atoms with Crippen LogP contribution in [0.15, 0.2) is 22.7 Å². The second kappa shape index (κ2) is 7.55. The summed E-state index contributed by atoms with van der Waals surface area (Å²) in [4.78, 5) is 10.2. The maximum Gasteiger partial charge on any atom is 0.273 e. The van der Waals surface area contributed by atoms with E-state index in [1.54, 1.807) is 6.07 Å². The lowest BCUT2D eigenvalue weighted by Crippen LogP contribution is -2.00. The van der Waals surface area contributed by atoms with Crippen molar-refractivity contribution in [1.29, 1.82) is 0 Å². The fraction of sp³-hybridized carbons (Fsp3) is 0.455. The van der Waals surface area contributed by atoms with Gasteiger partial charge in [-0.25, -0.2) is 0 Å². The summed E-state index contributed by atoms with van der Waals surface area (Å²) in [7, 11) is 0. The molecule has 0 heterocycles. The highest BCUT2D eigenvalue weighted by molar-refractivity contribution is 9.10. The summed E-state index contributed by atoms with van der Waals surface area (Å²) < 4.78 is 6.25. The number of nitro benzene ring substituents is 1. The minimum absolute atomic E-state index is 0.0473.